The van der Waals surface area contributed by atoms with Crippen molar-refractivity contribution in [3.63, 3.8) is 0 Å². The van der Waals surface area contributed by atoms with Crippen LogP contribution in [0.15, 0.2) is 30.3 Å². The molecule has 37 heavy (non-hydrogen) atoms. The van der Waals surface area contributed by atoms with E-state index in [1.54, 1.807) is 6.92 Å². The average molecular weight is 543 g/mol. The Morgan fingerprint density at radius 1 is 0.703 bits per heavy atom. The minimum atomic E-state index is -5.55. The van der Waals surface area contributed by atoms with E-state index in [0.29, 0.717) is 12.8 Å². The largest absolute Gasteiger partial charge is 0.432 e. The molecule has 0 aliphatic carbocycles. The third kappa shape index (κ3) is 5.59. The van der Waals surface area contributed by atoms with Gasteiger partial charge in [-0.05, 0) is 30.5 Å². The summed E-state index contributed by atoms with van der Waals surface area (Å²) in [5.74, 6) is -15.8. The summed E-state index contributed by atoms with van der Waals surface area (Å²) in [6, 6.07) is 0.624. The van der Waals surface area contributed by atoms with Crippen molar-refractivity contribution in [2.24, 2.45) is 0 Å². The van der Waals surface area contributed by atoms with Crippen molar-refractivity contribution in [1.82, 2.24) is 0 Å². The second-order valence-corrected chi connectivity index (χ2v) is 7.84. The van der Waals surface area contributed by atoms with Gasteiger partial charge in [0.2, 0.25) is 0 Å². The Morgan fingerprint density at radius 2 is 1.22 bits per heavy atom. The molecule has 0 amide bonds. The van der Waals surface area contributed by atoms with Gasteiger partial charge in [-0.3, -0.25) is 5.11 Å². The number of rotatable bonds is 7. The molecule has 3 aromatic rings. The summed E-state index contributed by atoms with van der Waals surface area (Å²) in [4.78, 5) is 0. The Morgan fingerprint density at radius 3 is 1.70 bits per heavy atom. The summed E-state index contributed by atoms with van der Waals surface area (Å²) >= 11 is 0. The highest BCUT2D eigenvalue weighted by atomic mass is 19.4. The van der Waals surface area contributed by atoms with Gasteiger partial charge < -0.3 is 4.74 Å². The Bertz CT molecular complexity index is 1290. The zero-order valence-corrected chi connectivity index (χ0v) is 18.5. The molecule has 3 aromatic carbocycles. The summed E-state index contributed by atoms with van der Waals surface area (Å²) in [6.45, 7) is 1.79. The van der Waals surface area contributed by atoms with Crippen molar-refractivity contribution in [2.75, 3.05) is 0 Å². The number of alkyl halides is 5. The van der Waals surface area contributed by atoms with Gasteiger partial charge >= 0.3 is 12.3 Å². The van der Waals surface area contributed by atoms with E-state index in [4.69, 9.17) is 0 Å². The Kier molecular flexibility index (Phi) is 7.66. The fraction of sp³-hybridized carbons (Fsp3) is 0.250. The monoisotopic (exact) mass is 543 g/mol. The van der Waals surface area contributed by atoms with Gasteiger partial charge in [-0.25, -0.2) is 26.3 Å². The summed E-state index contributed by atoms with van der Waals surface area (Å²) < 4.78 is 158. The van der Waals surface area contributed by atoms with Crippen LogP contribution in [-0.4, -0.2) is 0 Å². The van der Waals surface area contributed by atoms with Crippen LogP contribution < -0.4 is 4.74 Å². The second kappa shape index (κ2) is 10.1. The molecule has 2 nitrogen and oxygen atoms in total. The van der Waals surface area contributed by atoms with Gasteiger partial charge in [-0.2, -0.15) is 22.0 Å². The number of halogens is 11. The lowest BCUT2D eigenvalue weighted by molar-refractivity contribution is -0.189. The Balaban J connectivity index is 2.12. The molecule has 3 rings (SSSR count). The van der Waals surface area contributed by atoms with Crippen molar-refractivity contribution in [2.45, 2.75) is 38.5 Å². The highest BCUT2D eigenvalue weighted by Gasteiger charge is 2.45. The molecule has 0 saturated carbocycles. The predicted molar refractivity (Wildman–Crippen MR) is 106 cm³/mol. The van der Waals surface area contributed by atoms with Crippen molar-refractivity contribution in [1.29, 1.82) is 0 Å². The zero-order chi connectivity index (χ0) is 27.9. The molecule has 0 aromatic heterocycles. The molecule has 0 spiro atoms. The molecule has 0 fully saturated rings. The molecule has 0 atom stereocenters. The van der Waals surface area contributed by atoms with Crippen LogP contribution in [-0.2, 0) is 23.8 Å². The minimum absolute atomic E-state index is 0.107. The molecular formula is C24H14F11O2. The second-order valence-electron chi connectivity index (χ2n) is 7.84. The first-order valence-corrected chi connectivity index (χ1v) is 10.4. The third-order valence-electron chi connectivity index (χ3n) is 5.19. The van der Waals surface area contributed by atoms with Gasteiger partial charge in [-0.1, -0.05) is 13.3 Å². The van der Waals surface area contributed by atoms with Crippen LogP contribution in [0.5, 0.6) is 11.5 Å². The summed E-state index contributed by atoms with van der Waals surface area (Å²) in [7, 11) is 0. The van der Waals surface area contributed by atoms with Gasteiger partial charge in [0.25, 0.3) is 0 Å². The van der Waals surface area contributed by atoms with E-state index in [1.807, 2.05) is 0 Å². The SMILES string of the molecule is CCCCc1cc(F)c(-c2c([O])cc(F)c(C(F)(F)Oc3cc(F)c(C(F)(F)F)c(F)c3)c2F)c(F)c1. The smallest absolute Gasteiger partial charge is 0.429 e. The van der Waals surface area contributed by atoms with E-state index >= 15 is 4.39 Å². The van der Waals surface area contributed by atoms with Crippen LogP contribution in [0, 0.1) is 34.9 Å². The maximum Gasteiger partial charge on any atom is 0.432 e. The summed E-state index contributed by atoms with van der Waals surface area (Å²) in [6.07, 6.45) is -9.42. The number of hydrogen-bond acceptors (Lipinski definition) is 1. The summed E-state index contributed by atoms with van der Waals surface area (Å²) in [5.41, 5.74) is -7.72. The molecule has 0 N–H and O–H groups in total. The molecular weight excluding hydrogens is 529 g/mol. The Labute approximate surface area is 201 Å². The molecule has 0 saturated heterocycles. The summed E-state index contributed by atoms with van der Waals surface area (Å²) in [5, 5.41) is 12.2. The highest BCUT2D eigenvalue weighted by Crippen LogP contribution is 2.44. The predicted octanol–water partition coefficient (Wildman–Crippen LogP) is 8.82. The standard InChI is InChI=1S/C24H14F11O2/c1-2-3-4-10-5-12(25)18(13(26)6-10)19-17(36)9-16(29)21(22(19)30)24(34,35)37-11-7-14(27)20(15(28)8-11)23(31,32)33/h5-9H,2-4H2,1H3. The van der Waals surface area contributed by atoms with E-state index in [1.165, 1.54) is 0 Å². The number of hydrogen-bond donors (Lipinski definition) is 0. The number of aryl methyl sites for hydroxylation is 1. The maximum atomic E-state index is 15.1. The van der Waals surface area contributed by atoms with E-state index in [0.717, 1.165) is 12.1 Å². The quantitative estimate of drug-likeness (QED) is 0.274. The zero-order valence-electron chi connectivity index (χ0n) is 18.5. The van der Waals surface area contributed by atoms with Gasteiger partial charge in [-0.15, -0.1) is 0 Å². The molecule has 1 radical (unpaired) electrons. The molecule has 0 bridgehead atoms. The normalized spacial score (nSPS) is 12.2. The molecule has 0 heterocycles. The highest BCUT2D eigenvalue weighted by molar-refractivity contribution is 5.73. The van der Waals surface area contributed by atoms with E-state index in [-0.39, 0.29) is 30.2 Å². The lowest BCUT2D eigenvalue weighted by atomic mass is 9.96. The van der Waals surface area contributed by atoms with E-state index in [9.17, 15) is 49.0 Å². The van der Waals surface area contributed by atoms with E-state index in [2.05, 4.69) is 4.74 Å². The number of benzene rings is 3. The van der Waals surface area contributed by atoms with Gasteiger partial charge in [0.1, 0.15) is 46.0 Å². The lowest BCUT2D eigenvalue weighted by Gasteiger charge is -2.21. The molecule has 0 unspecified atom stereocenters. The van der Waals surface area contributed by atoms with Gasteiger partial charge in [0.05, 0.1) is 11.1 Å². The fourth-order valence-electron chi connectivity index (χ4n) is 3.57. The minimum Gasteiger partial charge on any atom is -0.429 e. The number of unbranched alkanes of at least 4 members (excludes halogenated alkanes) is 1. The van der Waals surface area contributed by atoms with Crippen LogP contribution in [0.1, 0.15) is 36.5 Å². The topological polar surface area (TPSA) is 29.1 Å². The van der Waals surface area contributed by atoms with Crippen LogP contribution in [0.4, 0.5) is 48.3 Å². The lowest BCUT2D eigenvalue weighted by Crippen LogP contribution is -2.26. The van der Waals surface area contributed by atoms with Crippen molar-refractivity contribution in [3.05, 3.63) is 81.9 Å². The maximum absolute atomic E-state index is 15.1. The van der Waals surface area contributed by atoms with Crippen molar-refractivity contribution >= 4 is 0 Å². The number of ether oxygens (including phenoxy) is 1. The van der Waals surface area contributed by atoms with E-state index < -0.39 is 80.9 Å². The molecule has 199 valence electrons. The van der Waals surface area contributed by atoms with Crippen molar-refractivity contribution in [3.8, 4) is 22.6 Å². The van der Waals surface area contributed by atoms with Gasteiger partial charge in [0, 0.05) is 18.2 Å². The molecule has 0 aliphatic heterocycles. The van der Waals surface area contributed by atoms with Crippen LogP contribution >= 0.6 is 0 Å². The fourth-order valence-corrected chi connectivity index (χ4v) is 3.57. The van der Waals surface area contributed by atoms with Gasteiger partial charge in [0.15, 0.2) is 11.6 Å². The Hall–Kier alpha value is -3.51. The van der Waals surface area contributed by atoms with Crippen LogP contribution in [0.25, 0.3) is 11.1 Å². The van der Waals surface area contributed by atoms with Crippen LogP contribution in [0.2, 0.25) is 0 Å². The average Bonchev–Trinajstić information content (AvgIpc) is 2.71. The first kappa shape index (κ1) is 28.1. The first-order valence-electron chi connectivity index (χ1n) is 10.4. The third-order valence-corrected chi connectivity index (χ3v) is 5.19. The molecule has 0 aliphatic rings. The first-order chi connectivity index (χ1) is 17.1. The van der Waals surface area contributed by atoms with Crippen molar-refractivity contribution < 1.29 is 58.1 Å². The molecule has 13 heteroatoms. The van der Waals surface area contributed by atoms with Crippen LogP contribution in [0.3, 0.4) is 0 Å².